The van der Waals surface area contributed by atoms with Gasteiger partial charge in [-0.15, -0.1) is 0 Å². The number of nitriles is 4. The van der Waals surface area contributed by atoms with Crippen molar-refractivity contribution in [2.45, 2.75) is 0 Å². The van der Waals surface area contributed by atoms with Crippen LogP contribution in [0, 0.1) is 45.3 Å². The molecule has 12 heteroatoms. The Morgan fingerprint density at radius 1 is 0.667 bits per heavy atom. The maximum atomic E-state index is 9.74. The first-order valence-electron chi connectivity index (χ1n) is 8.60. The summed E-state index contributed by atoms with van der Waals surface area (Å²) in [4.78, 5) is 20.1. The molecule has 30 heavy (non-hydrogen) atoms. The molecule has 0 amide bonds. The van der Waals surface area contributed by atoms with Gasteiger partial charge in [0.25, 0.3) is 0 Å². The van der Waals surface area contributed by atoms with Crippen LogP contribution in [-0.4, -0.2) is 60.5 Å². The summed E-state index contributed by atoms with van der Waals surface area (Å²) in [5.74, 6) is 0.517. The molecule has 1 aliphatic heterocycles. The molecule has 0 saturated carbocycles. The molecule has 3 rings (SSSR count). The number of hydrogen-bond acceptors (Lipinski definition) is 12. The number of methoxy groups -OCH3 is 2. The van der Waals surface area contributed by atoms with Crippen molar-refractivity contribution in [3.63, 3.8) is 0 Å². The van der Waals surface area contributed by atoms with Crippen LogP contribution < -0.4 is 9.80 Å². The first-order chi connectivity index (χ1) is 14.6. The highest BCUT2D eigenvalue weighted by Crippen LogP contribution is 2.37. The van der Waals surface area contributed by atoms with Crippen LogP contribution in [0.5, 0.6) is 0 Å². The van der Waals surface area contributed by atoms with E-state index in [1.54, 1.807) is 0 Å². The van der Waals surface area contributed by atoms with Crippen molar-refractivity contribution in [1.29, 1.82) is 21.0 Å². The molecule has 3 heterocycles. The third-order valence-corrected chi connectivity index (χ3v) is 4.22. The van der Waals surface area contributed by atoms with Gasteiger partial charge < -0.3 is 19.3 Å². The summed E-state index contributed by atoms with van der Waals surface area (Å²) in [6.07, 6.45) is 0. The molecular formula is C18H14N10O2. The van der Waals surface area contributed by atoms with Gasteiger partial charge in [0.1, 0.15) is 24.3 Å². The number of rotatable bonds is 6. The van der Waals surface area contributed by atoms with Crippen LogP contribution in [0.25, 0.3) is 11.3 Å². The Morgan fingerprint density at radius 2 is 1.07 bits per heavy atom. The van der Waals surface area contributed by atoms with Crippen LogP contribution >= 0.6 is 0 Å². The van der Waals surface area contributed by atoms with E-state index in [9.17, 15) is 21.0 Å². The van der Waals surface area contributed by atoms with Gasteiger partial charge in [0.05, 0.1) is 13.2 Å². The zero-order valence-electron chi connectivity index (χ0n) is 16.1. The summed E-state index contributed by atoms with van der Waals surface area (Å²) in [5.41, 5.74) is -0.123. The monoisotopic (exact) mass is 402 g/mol. The number of anilines is 2. The quantitative estimate of drug-likeness (QED) is 0.649. The Kier molecular flexibility index (Phi) is 5.95. The molecule has 2 aromatic heterocycles. The fraction of sp³-hybridized carbons (Fsp3) is 0.333. The van der Waals surface area contributed by atoms with E-state index in [1.165, 1.54) is 24.0 Å². The van der Waals surface area contributed by atoms with Crippen molar-refractivity contribution in [2.24, 2.45) is 0 Å². The highest BCUT2D eigenvalue weighted by atomic mass is 16.5. The van der Waals surface area contributed by atoms with Crippen LogP contribution in [0.2, 0.25) is 0 Å². The van der Waals surface area contributed by atoms with Crippen molar-refractivity contribution in [1.82, 2.24) is 19.9 Å². The molecule has 0 saturated heterocycles. The molecule has 0 radical (unpaired) electrons. The van der Waals surface area contributed by atoms with Crippen LogP contribution in [0.15, 0.2) is 11.4 Å². The summed E-state index contributed by atoms with van der Waals surface area (Å²) in [6, 6.07) is 7.71. The molecule has 0 unspecified atom stereocenters. The SMILES string of the molecule is COCCN1C(C#N)=C(C#N)N(CCOC)c2nc3nc(C#N)c(C#N)nc3nc21. The van der Waals surface area contributed by atoms with E-state index < -0.39 is 0 Å². The lowest BCUT2D eigenvalue weighted by atomic mass is 10.2. The molecule has 1 aliphatic rings. The zero-order valence-corrected chi connectivity index (χ0v) is 16.1. The lowest BCUT2D eigenvalue weighted by molar-refractivity contribution is 0.205. The van der Waals surface area contributed by atoms with E-state index >= 15 is 0 Å². The van der Waals surface area contributed by atoms with Crippen molar-refractivity contribution in [3.8, 4) is 24.3 Å². The number of fused-ring (bicyclic) bond motifs is 2. The Morgan fingerprint density at radius 3 is 1.37 bits per heavy atom. The smallest absolute Gasteiger partial charge is 0.201 e. The van der Waals surface area contributed by atoms with Gasteiger partial charge in [-0.2, -0.15) is 21.0 Å². The summed E-state index contributed by atoms with van der Waals surface area (Å²) in [7, 11) is 3.02. The topological polar surface area (TPSA) is 172 Å². The predicted octanol–water partition coefficient (Wildman–Crippen LogP) is 0.341. The number of ether oxygens (including phenoxy) is 2. The molecule has 0 atom stereocenters. The van der Waals surface area contributed by atoms with E-state index in [1.807, 2.05) is 24.3 Å². The summed E-state index contributed by atoms with van der Waals surface area (Å²) < 4.78 is 10.2. The number of nitrogens with zero attached hydrogens (tertiary/aromatic N) is 10. The molecule has 2 aromatic rings. The molecule has 0 fully saturated rings. The lowest BCUT2D eigenvalue weighted by Crippen LogP contribution is -2.40. The molecule has 0 spiro atoms. The normalized spacial score (nSPS) is 12.7. The van der Waals surface area contributed by atoms with Crippen molar-refractivity contribution < 1.29 is 9.47 Å². The van der Waals surface area contributed by atoms with Crippen molar-refractivity contribution >= 4 is 22.9 Å². The minimum absolute atomic E-state index is 0.0381. The highest BCUT2D eigenvalue weighted by molar-refractivity contribution is 5.82. The van der Waals surface area contributed by atoms with Gasteiger partial charge >= 0.3 is 0 Å². The van der Waals surface area contributed by atoms with Gasteiger partial charge in [-0.1, -0.05) is 0 Å². The number of aromatic nitrogens is 4. The third kappa shape index (κ3) is 3.41. The van der Waals surface area contributed by atoms with E-state index in [0.29, 0.717) is 0 Å². The number of hydrogen-bond donors (Lipinski definition) is 0. The molecule has 0 aromatic carbocycles. The van der Waals surface area contributed by atoms with Crippen LogP contribution in [0.1, 0.15) is 11.4 Å². The van der Waals surface area contributed by atoms with E-state index in [2.05, 4.69) is 19.9 Å². The molecule has 0 N–H and O–H groups in total. The Bertz CT molecular complexity index is 1100. The van der Waals surface area contributed by atoms with Gasteiger partial charge in [0, 0.05) is 27.3 Å². The van der Waals surface area contributed by atoms with Gasteiger partial charge in [0.2, 0.25) is 11.3 Å². The predicted molar refractivity (Wildman–Crippen MR) is 101 cm³/mol. The second-order valence-corrected chi connectivity index (χ2v) is 5.87. The van der Waals surface area contributed by atoms with Crippen LogP contribution in [-0.2, 0) is 9.47 Å². The van der Waals surface area contributed by atoms with E-state index in [-0.39, 0.29) is 72.0 Å². The summed E-state index contributed by atoms with van der Waals surface area (Å²) >= 11 is 0. The fourth-order valence-electron chi connectivity index (χ4n) is 2.88. The minimum Gasteiger partial charge on any atom is -0.383 e. The zero-order chi connectivity index (χ0) is 21.7. The maximum absolute atomic E-state index is 9.74. The molecule has 148 valence electrons. The average molecular weight is 402 g/mol. The third-order valence-electron chi connectivity index (χ3n) is 4.22. The molecule has 0 bridgehead atoms. The lowest BCUT2D eigenvalue weighted by Gasteiger charge is -2.35. The maximum Gasteiger partial charge on any atom is 0.201 e. The van der Waals surface area contributed by atoms with Crippen molar-refractivity contribution in [3.05, 3.63) is 22.8 Å². The standard InChI is InChI=1S/C18H14N10O2/c1-29-5-3-27-13(9-21)14(10-22)28(4-6-30-2)18-17(27)25-15-16(26-18)24-12(8-20)11(7-19)23-15/h3-6H2,1-2H3. The molecule has 0 aliphatic carbocycles. The minimum atomic E-state index is -0.177. The Hall–Kier alpha value is -4.36. The second kappa shape index (κ2) is 8.76. The van der Waals surface area contributed by atoms with E-state index in [4.69, 9.17) is 9.47 Å². The van der Waals surface area contributed by atoms with E-state index in [0.717, 1.165) is 0 Å². The largest absolute Gasteiger partial charge is 0.383 e. The van der Waals surface area contributed by atoms with Crippen molar-refractivity contribution in [2.75, 3.05) is 50.3 Å². The fourth-order valence-corrected chi connectivity index (χ4v) is 2.88. The summed E-state index contributed by atoms with van der Waals surface area (Å²) in [6.45, 7) is 0.961. The summed E-state index contributed by atoms with van der Waals surface area (Å²) in [5, 5.41) is 37.9. The van der Waals surface area contributed by atoms with Gasteiger partial charge in [-0.05, 0) is 0 Å². The van der Waals surface area contributed by atoms with Crippen LogP contribution in [0.4, 0.5) is 11.6 Å². The van der Waals surface area contributed by atoms with Gasteiger partial charge in [-0.25, -0.2) is 19.9 Å². The second-order valence-electron chi connectivity index (χ2n) is 5.87. The Balaban J connectivity index is 2.31. The number of allylic oxidation sites excluding steroid dienone is 2. The Labute approximate surface area is 171 Å². The first-order valence-corrected chi connectivity index (χ1v) is 8.60. The van der Waals surface area contributed by atoms with Crippen LogP contribution in [0.3, 0.4) is 0 Å². The highest BCUT2D eigenvalue weighted by Gasteiger charge is 2.34. The van der Waals surface area contributed by atoms with Gasteiger partial charge in [-0.3, -0.25) is 0 Å². The molecule has 12 nitrogen and oxygen atoms in total. The average Bonchev–Trinajstić information content (AvgIpc) is 2.78. The molecular weight excluding hydrogens is 388 g/mol. The first kappa shape index (κ1) is 20.4. The van der Waals surface area contributed by atoms with Gasteiger partial charge in [0.15, 0.2) is 34.4 Å².